The molecule has 0 saturated carbocycles. The van der Waals surface area contributed by atoms with Gasteiger partial charge in [0.15, 0.2) is 5.52 Å². The number of carboxylic acids is 1. The first kappa shape index (κ1) is 21.5. The van der Waals surface area contributed by atoms with E-state index >= 15 is 0 Å². The number of carboxylic acid groups (broad SMARTS) is 1. The Labute approximate surface area is 186 Å². The lowest BCUT2D eigenvalue weighted by molar-refractivity contribution is -0.146. The predicted molar refractivity (Wildman–Crippen MR) is 118 cm³/mol. The molecule has 3 heterocycles. The highest BCUT2D eigenvalue weighted by molar-refractivity contribution is 6.31. The fourth-order valence-corrected chi connectivity index (χ4v) is 3.68. The van der Waals surface area contributed by atoms with Crippen LogP contribution in [0.5, 0.6) is 0 Å². The van der Waals surface area contributed by atoms with Gasteiger partial charge >= 0.3 is 11.7 Å². The van der Waals surface area contributed by atoms with E-state index in [0.717, 1.165) is 10.1 Å². The van der Waals surface area contributed by atoms with Crippen LogP contribution in [0, 0.1) is 0 Å². The Morgan fingerprint density at radius 3 is 2.59 bits per heavy atom. The number of aryl methyl sites for hydroxylation is 2. The highest BCUT2D eigenvalue weighted by Gasteiger charge is 2.34. The zero-order chi connectivity index (χ0) is 23.0. The molecule has 1 aromatic carbocycles. The van der Waals surface area contributed by atoms with Gasteiger partial charge < -0.3 is 9.52 Å². The minimum Gasteiger partial charge on any atom is -0.480 e. The average molecular weight is 455 g/mol. The maximum absolute atomic E-state index is 13.3. The van der Waals surface area contributed by atoms with E-state index in [4.69, 9.17) is 16.0 Å². The standard InChI is InChI=1S/C22H19ClN4O5/c1-22(2,20(29)30)27-19(28)17-16(8-7-15(25-17)18-24-10-12-32-18)26(21(27)31)11-9-13-5-3-4-6-14(13)23/h3-8,10,12H,9,11H2,1-2H3,(H,29,30). The van der Waals surface area contributed by atoms with E-state index in [2.05, 4.69) is 9.97 Å². The number of pyridine rings is 1. The minimum absolute atomic E-state index is 0.0613. The first-order valence-electron chi connectivity index (χ1n) is 9.75. The van der Waals surface area contributed by atoms with E-state index < -0.39 is 22.8 Å². The normalized spacial score (nSPS) is 11.7. The summed E-state index contributed by atoms with van der Waals surface area (Å²) in [6.07, 6.45) is 3.21. The van der Waals surface area contributed by atoms with Crippen molar-refractivity contribution in [1.82, 2.24) is 19.1 Å². The van der Waals surface area contributed by atoms with Crippen LogP contribution in [0.25, 0.3) is 22.6 Å². The summed E-state index contributed by atoms with van der Waals surface area (Å²) in [5, 5.41) is 10.2. The topological polar surface area (TPSA) is 120 Å². The van der Waals surface area contributed by atoms with Crippen LogP contribution in [0.4, 0.5) is 0 Å². The maximum Gasteiger partial charge on any atom is 0.332 e. The second kappa shape index (κ2) is 8.08. The number of benzene rings is 1. The molecule has 0 saturated heterocycles. The van der Waals surface area contributed by atoms with Crippen LogP contribution < -0.4 is 11.2 Å². The molecule has 0 aliphatic rings. The molecule has 0 atom stereocenters. The second-order valence-corrected chi connectivity index (χ2v) is 8.09. The smallest absolute Gasteiger partial charge is 0.332 e. The molecule has 0 aliphatic heterocycles. The lowest BCUT2D eigenvalue weighted by Crippen LogP contribution is -2.52. The van der Waals surface area contributed by atoms with Crippen molar-refractivity contribution in [2.75, 3.05) is 0 Å². The van der Waals surface area contributed by atoms with Crippen molar-refractivity contribution in [2.24, 2.45) is 0 Å². The third-order valence-corrected chi connectivity index (χ3v) is 5.66. The molecule has 3 aromatic heterocycles. The fraction of sp³-hybridized carbons (Fsp3) is 0.227. The van der Waals surface area contributed by atoms with Crippen LogP contribution in [0.3, 0.4) is 0 Å². The summed E-state index contributed by atoms with van der Waals surface area (Å²) < 4.78 is 7.32. The number of aromatic nitrogens is 4. The third kappa shape index (κ3) is 3.60. The van der Waals surface area contributed by atoms with E-state index in [0.29, 0.717) is 11.4 Å². The van der Waals surface area contributed by atoms with Gasteiger partial charge in [-0.2, -0.15) is 0 Å². The lowest BCUT2D eigenvalue weighted by atomic mass is 10.1. The monoisotopic (exact) mass is 454 g/mol. The number of rotatable bonds is 6. The first-order valence-corrected chi connectivity index (χ1v) is 10.1. The number of nitrogens with zero attached hydrogens (tertiary/aromatic N) is 4. The highest BCUT2D eigenvalue weighted by Crippen LogP contribution is 2.20. The molecule has 0 bridgehead atoms. The van der Waals surface area contributed by atoms with Gasteiger partial charge in [0.05, 0.1) is 11.7 Å². The molecule has 0 unspecified atom stereocenters. The molecule has 4 aromatic rings. The van der Waals surface area contributed by atoms with E-state index in [9.17, 15) is 19.5 Å². The van der Waals surface area contributed by atoms with Crippen molar-refractivity contribution in [3.63, 3.8) is 0 Å². The quantitative estimate of drug-likeness (QED) is 0.475. The zero-order valence-corrected chi connectivity index (χ0v) is 18.0. The summed E-state index contributed by atoms with van der Waals surface area (Å²) in [4.78, 5) is 46.9. The molecule has 10 heteroatoms. The number of aliphatic carboxylic acids is 1. The Morgan fingerprint density at radius 1 is 1.19 bits per heavy atom. The number of halogens is 1. The molecule has 4 rings (SSSR count). The number of carbonyl (C=O) groups is 1. The molecule has 9 nitrogen and oxygen atoms in total. The van der Waals surface area contributed by atoms with Crippen molar-refractivity contribution < 1.29 is 14.3 Å². The van der Waals surface area contributed by atoms with Gasteiger partial charge in [-0.15, -0.1) is 0 Å². The molecular formula is C22H19ClN4O5. The maximum atomic E-state index is 13.3. The Kier molecular flexibility index (Phi) is 5.43. The summed E-state index contributed by atoms with van der Waals surface area (Å²) in [6.45, 7) is 2.75. The molecule has 0 spiro atoms. The van der Waals surface area contributed by atoms with E-state index in [1.165, 1.54) is 30.9 Å². The van der Waals surface area contributed by atoms with E-state index in [-0.39, 0.29) is 29.2 Å². The molecule has 0 aliphatic carbocycles. The Bertz CT molecular complexity index is 1440. The molecule has 32 heavy (non-hydrogen) atoms. The SMILES string of the molecule is CC(C)(C(=O)O)n1c(=O)c2nc(-c3ncco3)ccc2n(CCc2ccccc2Cl)c1=O. The number of fused-ring (bicyclic) bond motifs is 1. The molecule has 0 fully saturated rings. The van der Waals surface area contributed by atoms with Gasteiger partial charge in [-0.05, 0) is 44.0 Å². The lowest BCUT2D eigenvalue weighted by Gasteiger charge is -2.23. The number of hydrogen-bond donors (Lipinski definition) is 1. The van der Waals surface area contributed by atoms with Gasteiger partial charge in [-0.3, -0.25) is 9.36 Å². The highest BCUT2D eigenvalue weighted by atomic mass is 35.5. The third-order valence-electron chi connectivity index (χ3n) is 5.29. The molecule has 0 amide bonds. The molecule has 1 N–H and O–H groups in total. The van der Waals surface area contributed by atoms with Crippen LogP contribution in [0.15, 0.2) is 62.9 Å². The molecular weight excluding hydrogens is 436 g/mol. The minimum atomic E-state index is -1.80. The summed E-state index contributed by atoms with van der Waals surface area (Å²) in [6, 6.07) is 10.4. The number of hydrogen-bond acceptors (Lipinski definition) is 6. The van der Waals surface area contributed by atoms with E-state index in [1.807, 2.05) is 12.1 Å². The Hall–Kier alpha value is -3.72. The second-order valence-electron chi connectivity index (χ2n) is 7.68. The molecule has 164 valence electrons. The van der Waals surface area contributed by atoms with Crippen LogP contribution >= 0.6 is 11.6 Å². The summed E-state index contributed by atoms with van der Waals surface area (Å²) in [7, 11) is 0. The summed E-state index contributed by atoms with van der Waals surface area (Å²) in [5.74, 6) is -1.12. The van der Waals surface area contributed by atoms with Crippen LogP contribution in [-0.2, 0) is 23.3 Å². The van der Waals surface area contributed by atoms with Crippen LogP contribution in [0.2, 0.25) is 5.02 Å². The van der Waals surface area contributed by atoms with Gasteiger partial charge in [0.2, 0.25) is 5.89 Å². The van der Waals surface area contributed by atoms with Crippen molar-refractivity contribution in [1.29, 1.82) is 0 Å². The van der Waals surface area contributed by atoms with Crippen molar-refractivity contribution in [3.8, 4) is 11.6 Å². The zero-order valence-electron chi connectivity index (χ0n) is 17.3. The Morgan fingerprint density at radius 2 is 1.94 bits per heavy atom. The first-order chi connectivity index (χ1) is 15.2. The van der Waals surface area contributed by atoms with Gasteiger partial charge in [-0.25, -0.2) is 24.1 Å². The van der Waals surface area contributed by atoms with E-state index in [1.54, 1.807) is 24.3 Å². The average Bonchev–Trinajstić information content (AvgIpc) is 3.29. The molecule has 0 radical (unpaired) electrons. The van der Waals surface area contributed by atoms with Gasteiger partial charge in [0.1, 0.15) is 17.5 Å². The van der Waals surface area contributed by atoms with Gasteiger partial charge in [0.25, 0.3) is 5.56 Å². The van der Waals surface area contributed by atoms with Crippen molar-refractivity contribution in [3.05, 3.63) is 80.3 Å². The van der Waals surface area contributed by atoms with Gasteiger partial charge in [0, 0.05) is 11.6 Å². The van der Waals surface area contributed by atoms with Crippen molar-refractivity contribution in [2.45, 2.75) is 32.4 Å². The predicted octanol–water partition coefficient (Wildman–Crippen LogP) is 2.93. The van der Waals surface area contributed by atoms with Crippen LogP contribution in [0.1, 0.15) is 19.4 Å². The fourth-order valence-electron chi connectivity index (χ4n) is 3.45. The largest absolute Gasteiger partial charge is 0.480 e. The number of oxazole rings is 1. The summed E-state index contributed by atoms with van der Waals surface area (Å²) in [5.41, 5.74) is -2.03. The Balaban J connectivity index is 1.96. The van der Waals surface area contributed by atoms with Crippen molar-refractivity contribution >= 4 is 28.6 Å². The van der Waals surface area contributed by atoms with Gasteiger partial charge in [-0.1, -0.05) is 29.8 Å². The van der Waals surface area contributed by atoms with Crippen LogP contribution in [-0.4, -0.2) is 30.2 Å². The summed E-state index contributed by atoms with van der Waals surface area (Å²) >= 11 is 6.25.